The molecule has 0 saturated heterocycles. The van der Waals surface area contributed by atoms with E-state index in [1.807, 2.05) is 0 Å². The number of nitro groups is 1. The van der Waals surface area contributed by atoms with Gasteiger partial charge < -0.3 is 0 Å². The Morgan fingerprint density at radius 3 is 2.64 bits per heavy atom. The van der Waals surface area contributed by atoms with Gasteiger partial charge in [0.05, 0.1) is 0 Å². The minimum Gasteiger partial charge on any atom is -0.299 e. The highest BCUT2D eigenvalue weighted by Gasteiger charge is 1.93. The zero-order valence-electron chi connectivity index (χ0n) is 6.23. The molecule has 0 bridgehead atoms. The highest BCUT2D eigenvalue weighted by Crippen LogP contribution is 1.95. The van der Waals surface area contributed by atoms with Crippen LogP contribution in [0.15, 0.2) is 12.2 Å². The Kier molecular flexibility index (Phi) is 6.17. The van der Waals surface area contributed by atoms with Crippen molar-refractivity contribution in [1.82, 2.24) is 0 Å². The number of rotatable bonds is 6. The Balaban J connectivity index is 3.08. The van der Waals surface area contributed by atoms with Crippen LogP contribution in [0.25, 0.3) is 0 Å². The van der Waals surface area contributed by atoms with Gasteiger partial charge in [0.1, 0.15) is 6.29 Å². The van der Waals surface area contributed by atoms with Gasteiger partial charge >= 0.3 is 0 Å². The van der Waals surface area contributed by atoms with Crippen molar-refractivity contribution >= 4 is 6.29 Å². The lowest BCUT2D eigenvalue weighted by Crippen LogP contribution is -1.99. The molecule has 62 valence electrons. The van der Waals surface area contributed by atoms with Gasteiger partial charge in [-0.25, -0.2) is 0 Å². The van der Waals surface area contributed by atoms with Crippen LogP contribution in [0.3, 0.4) is 0 Å². The van der Waals surface area contributed by atoms with Crippen molar-refractivity contribution in [2.75, 3.05) is 6.54 Å². The lowest BCUT2D eigenvalue weighted by molar-refractivity contribution is -0.480. The summed E-state index contributed by atoms with van der Waals surface area (Å²) in [6.45, 7) is 0.0227. The predicted octanol–water partition coefficient (Wildman–Crippen LogP) is 1.19. The van der Waals surface area contributed by atoms with Gasteiger partial charge in [0.2, 0.25) is 6.54 Å². The number of carbonyl (C=O) groups excluding carboxylic acids is 1. The van der Waals surface area contributed by atoms with Crippen molar-refractivity contribution in [3.05, 3.63) is 22.3 Å². The molecule has 0 aromatic rings. The fourth-order valence-corrected chi connectivity index (χ4v) is 0.655. The first-order chi connectivity index (χ1) is 5.27. The summed E-state index contributed by atoms with van der Waals surface area (Å²) in [4.78, 5) is 19.2. The van der Waals surface area contributed by atoms with E-state index in [1.165, 1.54) is 6.08 Å². The fourth-order valence-electron chi connectivity index (χ4n) is 0.655. The van der Waals surface area contributed by atoms with Gasteiger partial charge in [0.15, 0.2) is 0 Å². The number of hydrogen-bond donors (Lipinski definition) is 0. The molecule has 4 heteroatoms. The third-order valence-corrected chi connectivity index (χ3v) is 1.18. The number of nitrogens with zero attached hydrogens (tertiary/aromatic N) is 1. The average Bonchev–Trinajstić information content (AvgIpc) is 1.96. The van der Waals surface area contributed by atoms with Gasteiger partial charge in [-0.3, -0.25) is 14.9 Å². The van der Waals surface area contributed by atoms with Crippen molar-refractivity contribution in [2.45, 2.75) is 19.3 Å². The summed E-state index contributed by atoms with van der Waals surface area (Å²) in [6, 6.07) is 0. The third-order valence-electron chi connectivity index (χ3n) is 1.18. The maximum Gasteiger partial charge on any atom is 0.203 e. The number of hydrogen-bond acceptors (Lipinski definition) is 3. The summed E-state index contributed by atoms with van der Waals surface area (Å²) in [5.74, 6) is 0. The number of allylic oxidation sites excluding steroid dienone is 2. The lowest BCUT2D eigenvalue weighted by Gasteiger charge is -1.90. The van der Waals surface area contributed by atoms with Gasteiger partial charge in [-0.2, -0.15) is 0 Å². The summed E-state index contributed by atoms with van der Waals surface area (Å²) in [5.41, 5.74) is 0. The smallest absolute Gasteiger partial charge is 0.203 e. The van der Waals surface area contributed by atoms with Crippen molar-refractivity contribution in [2.24, 2.45) is 0 Å². The number of unbranched alkanes of at least 4 members (excludes halogenated alkanes) is 2. The van der Waals surface area contributed by atoms with E-state index in [2.05, 4.69) is 0 Å². The molecule has 0 aromatic carbocycles. The molecule has 0 atom stereocenters. The molecular formula is C7H11NO3. The van der Waals surface area contributed by atoms with E-state index in [-0.39, 0.29) is 11.5 Å². The van der Waals surface area contributed by atoms with Crippen molar-refractivity contribution in [3.8, 4) is 0 Å². The molecule has 0 aliphatic carbocycles. The Morgan fingerprint density at radius 2 is 2.09 bits per heavy atom. The minimum atomic E-state index is -0.330. The highest BCUT2D eigenvalue weighted by atomic mass is 16.6. The highest BCUT2D eigenvalue weighted by molar-refractivity contribution is 5.64. The summed E-state index contributed by atoms with van der Waals surface area (Å²) in [5, 5.41) is 9.82. The summed E-state index contributed by atoms with van der Waals surface area (Å²) in [7, 11) is 0. The predicted molar refractivity (Wildman–Crippen MR) is 40.9 cm³/mol. The number of aldehydes is 1. The fraction of sp³-hybridized carbons (Fsp3) is 0.571. The van der Waals surface area contributed by atoms with Gasteiger partial charge in [-0.1, -0.05) is 6.08 Å². The van der Waals surface area contributed by atoms with Gasteiger partial charge in [-0.05, 0) is 18.9 Å². The van der Waals surface area contributed by atoms with Gasteiger partial charge in [0, 0.05) is 11.3 Å². The second kappa shape index (κ2) is 6.92. The van der Waals surface area contributed by atoms with Crippen LogP contribution in [0.2, 0.25) is 0 Å². The molecule has 4 nitrogen and oxygen atoms in total. The topological polar surface area (TPSA) is 60.2 Å². The molecular weight excluding hydrogens is 146 g/mol. The standard InChI is InChI=1S/C7H11NO3/c9-7-5-3-1-2-4-6-8(10)11/h3,5,7H,1-2,4,6H2/b5-3+. The zero-order chi connectivity index (χ0) is 8.53. The first kappa shape index (κ1) is 9.81. The van der Waals surface area contributed by atoms with Crippen molar-refractivity contribution in [1.29, 1.82) is 0 Å². The van der Waals surface area contributed by atoms with Crippen LogP contribution in [0.5, 0.6) is 0 Å². The van der Waals surface area contributed by atoms with E-state index >= 15 is 0 Å². The molecule has 0 unspecified atom stereocenters. The van der Waals surface area contributed by atoms with E-state index in [0.29, 0.717) is 12.7 Å². The second-order valence-electron chi connectivity index (χ2n) is 2.12. The molecule has 11 heavy (non-hydrogen) atoms. The van der Waals surface area contributed by atoms with E-state index < -0.39 is 0 Å². The van der Waals surface area contributed by atoms with Gasteiger partial charge in [-0.15, -0.1) is 0 Å². The molecule has 0 saturated carbocycles. The van der Waals surface area contributed by atoms with Crippen LogP contribution in [-0.4, -0.2) is 17.8 Å². The average molecular weight is 157 g/mol. The molecule has 0 heterocycles. The van der Waals surface area contributed by atoms with Crippen molar-refractivity contribution in [3.63, 3.8) is 0 Å². The van der Waals surface area contributed by atoms with Crippen LogP contribution in [-0.2, 0) is 4.79 Å². The molecule has 0 fully saturated rings. The SMILES string of the molecule is O=C/C=C/CCCC[N+](=O)[O-]. The zero-order valence-corrected chi connectivity index (χ0v) is 6.23. The molecule has 0 aliphatic rings. The third kappa shape index (κ3) is 8.81. The molecule has 0 N–H and O–H groups in total. The largest absolute Gasteiger partial charge is 0.299 e. The monoisotopic (exact) mass is 157 g/mol. The maximum absolute atomic E-state index is 9.82. The van der Waals surface area contributed by atoms with Crippen LogP contribution in [0, 0.1) is 10.1 Å². The second-order valence-corrected chi connectivity index (χ2v) is 2.12. The Labute approximate surface area is 65.1 Å². The van der Waals surface area contributed by atoms with E-state index in [1.54, 1.807) is 6.08 Å². The first-order valence-corrected chi connectivity index (χ1v) is 3.49. The van der Waals surface area contributed by atoms with E-state index in [4.69, 9.17) is 0 Å². The van der Waals surface area contributed by atoms with Crippen LogP contribution in [0.4, 0.5) is 0 Å². The normalized spacial score (nSPS) is 10.2. The Bertz CT molecular complexity index is 154. The van der Waals surface area contributed by atoms with Crippen LogP contribution < -0.4 is 0 Å². The summed E-state index contributed by atoms with van der Waals surface area (Å²) in [6.07, 6.45) is 5.92. The Hall–Kier alpha value is -1.19. The quantitative estimate of drug-likeness (QED) is 0.191. The van der Waals surface area contributed by atoms with Crippen molar-refractivity contribution < 1.29 is 9.72 Å². The van der Waals surface area contributed by atoms with Crippen LogP contribution in [0.1, 0.15) is 19.3 Å². The Morgan fingerprint density at radius 1 is 1.36 bits per heavy atom. The summed E-state index contributed by atoms with van der Waals surface area (Å²) >= 11 is 0. The van der Waals surface area contributed by atoms with E-state index in [0.717, 1.165) is 12.8 Å². The maximum atomic E-state index is 9.82. The molecule has 0 amide bonds. The molecule has 0 aliphatic heterocycles. The summed E-state index contributed by atoms with van der Waals surface area (Å²) < 4.78 is 0. The minimum absolute atomic E-state index is 0.0227. The van der Waals surface area contributed by atoms with Gasteiger partial charge in [0.25, 0.3) is 0 Å². The molecule has 0 aromatic heterocycles. The molecule has 0 spiro atoms. The van der Waals surface area contributed by atoms with Crippen LogP contribution >= 0.6 is 0 Å². The lowest BCUT2D eigenvalue weighted by atomic mass is 10.2. The number of carbonyl (C=O) groups is 1. The first-order valence-electron chi connectivity index (χ1n) is 3.49. The van der Waals surface area contributed by atoms with E-state index in [9.17, 15) is 14.9 Å². The molecule has 0 radical (unpaired) electrons. The molecule has 0 rings (SSSR count).